The second-order valence-electron chi connectivity index (χ2n) is 3.32. The summed E-state index contributed by atoms with van der Waals surface area (Å²) in [6.07, 6.45) is 2.67. The van der Waals surface area contributed by atoms with Crippen LogP contribution in [-0.4, -0.2) is 16.5 Å². The van der Waals surface area contributed by atoms with Crippen molar-refractivity contribution < 1.29 is 0 Å². The van der Waals surface area contributed by atoms with Crippen LogP contribution in [0.1, 0.15) is 29.3 Å². The number of hydrogen-bond acceptors (Lipinski definition) is 3. The monoisotopic (exact) mass is 277 g/mol. The number of nitrogens with zero attached hydrogens (tertiary/aromatic N) is 1. The Kier molecular flexibility index (Phi) is 3.32. The second kappa shape index (κ2) is 4.32. The predicted octanol–water partition coefficient (Wildman–Crippen LogP) is 3.82. The first-order valence-corrected chi connectivity index (χ1v) is 7.24. The van der Waals surface area contributed by atoms with Gasteiger partial charge in [0.15, 0.2) is 3.92 Å². The zero-order chi connectivity index (χ0) is 9.26. The number of thiazole rings is 1. The van der Waals surface area contributed by atoms with Crippen LogP contribution in [0.25, 0.3) is 0 Å². The van der Waals surface area contributed by atoms with E-state index in [9.17, 15) is 0 Å². The smallest absolute Gasteiger partial charge is 0.159 e. The Morgan fingerprint density at radius 1 is 1.54 bits per heavy atom. The fraction of sp³-hybridized carbons (Fsp3) is 0.667. The first-order valence-electron chi connectivity index (χ1n) is 4.48. The van der Waals surface area contributed by atoms with Gasteiger partial charge in [-0.3, -0.25) is 0 Å². The van der Waals surface area contributed by atoms with Gasteiger partial charge in [0, 0.05) is 16.5 Å². The lowest BCUT2D eigenvalue weighted by Crippen LogP contribution is -2.09. The molecular formula is C9H12BrNS2. The summed E-state index contributed by atoms with van der Waals surface area (Å²) in [5.74, 6) is 3.30. The molecule has 0 aromatic carbocycles. The summed E-state index contributed by atoms with van der Waals surface area (Å²) in [4.78, 5) is 5.94. The Hall–Kier alpha value is 0.460. The molecule has 0 N–H and O–H groups in total. The van der Waals surface area contributed by atoms with Crippen LogP contribution in [0, 0.1) is 6.92 Å². The molecule has 0 radical (unpaired) electrons. The van der Waals surface area contributed by atoms with Crippen LogP contribution in [0.15, 0.2) is 3.92 Å². The highest BCUT2D eigenvalue weighted by Crippen LogP contribution is 2.35. The van der Waals surface area contributed by atoms with E-state index in [1.165, 1.54) is 34.9 Å². The molecule has 1 aliphatic rings. The maximum absolute atomic E-state index is 4.56. The fourth-order valence-electron chi connectivity index (χ4n) is 1.71. The SMILES string of the molecule is Cc1sc(Br)nc1C1CCCSC1. The molecule has 1 aliphatic heterocycles. The van der Waals surface area contributed by atoms with Gasteiger partial charge in [0.25, 0.3) is 0 Å². The quantitative estimate of drug-likeness (QED) is 0.774. The van der Waals surface area contributed by atoms with Gasteiger partial charge >= 0.3 is 0 Å². The molecule has 4 heteroatoms. The van der Waals surface area contributed by atoms with E-state index in [1.54, 1.807) is 11.3 Å². The Morgan fingerprint density at radius 2 is 2.38 bits per heavy atom. The average Bonchev–Trinajstić information content (AvgIpc) is 2.47. The minimum Gasteiger partial charge on any atom is -0.234 e. The Labute approximate surface area is 95.5 Å². The molecular weight excluding hydrogens is 266 g/mol. The van der Waals surface area contributed by atoms with E-state index in [1.807, 2.05) is 0 Å². The first-order chi connectivity index (χ1) is 6.27. The summed E-state index contributed by atoms with van der Waals surface area (Å²) < 4.78 is 1.04. The number of hydrogen-bond donors (Lipinski definition) is 0. The molecule has 2 rings (SSSR count). The number of aromatic nitrogens is 1. The number of thioether (sulfide) groups is 1. The summed E-state index contributed by atoms with van der Waals surface area (Å²) in [5.41, 5.74) is 1.34. The van der Waals surface area contributed by atoms with Crippen molar-refractivity contribution in [1.29, 1.82) is 0 Å². The van der Waals surface area contributed by atoms with Gasteiger partial charge in [0.05, 0.1) is 5.69 Å². The predicted molar refractivity (Wildman–Crippen MR) is 63.9 cm³/mol. The molecule has 0 spiro atoms. The molecule has 1 aromatic heterocycles. The number of halogens is 1. The number of aryl methyl sites for hydroxylation is 1. The highest BCUT2D eigenvalue weighted by atomic mass is 79.9. The normalized spacial score (nSPS) is 23.4. The van der Waals surface area contributed by atoms with Gasteiger partial charge in [-0.2, -0.15) is 11.8 Å². The maximum Gasteiger partial charge on any atom is 0.159 e. The maximum atomic E-state index is 4.56. The third-order valence-corrected chi connectivity index (χ3v) is 5.01. The molecule has 1 aromatic rings. The summed E-state index contributed by atoms with van der Waals surface area (Å²) in [5, 5.41) is 0. The lowest BCUT2D eigenvalue weighted by molar-refractivity contribution is 0.643. The summed E-state index contributed by atoms with van der Waals surface area (Å²) in [6, 6.07) is 0. The Bertz CT molecular complexity index is 292. The van der Waals surface area contributed by atoms with E-state index < -0.39 is 0 Å². The molecule has 0 amide bonds. The van der Waals surface area contributed by atoms with Gasteiger partial charge in [0.1, 0.15) is 0 Å². The lowest BCUT2D eigenvalue weighted by atomic mass is 10.0. The molecule has 1 fully saturated rings. The first kappa shape index (κ1) is 9.99. The van der Waals surface area contributed by atoms with Gasteiger partial charge < -0.3 is 0 Å². The van der Waals surface area contributed by atoms with Gasteiger partial charge in [0.2, 0.25) is 0 Å². The third-order valence-electron chi connectivity index (χ3n) is 2.35. The van der Waals surface area contributed by atoms with Crippen LogP contribution in [0.3, 0.4) is 0 Å². The highest BCUT2D eigenvalue weighted by Gasteiger charge is 2.20. The van der Waals surface area contributed by atoms with Crippen LogP contribution in [0.2, 0.25) is 0 Å². The zero-order valence-corrected chi connectivity index (χ0v) is 10.8. The van der Waals surface area contributed by atoms with Crippen molar-refractivity contribution in [3.8, 4) is 0 Å². The average molecular weight is 278 g/mol. The van der Waals surface area contributed by atoms with E-state index in [0.717, 1.165) is 3.92 Å². The molecule has 1 saturated heterocycles. The van der Waals surface area contributed by atoms with Crippen molar-refractivity contribution >= 4 is 39.0 Å². The van der Waals surface area contributed by atoms with Gasteiger partial charge in [-0.1, -0.05) is 0 Å². The topological polar surface area (TPSA) is 12.9 Å². The van der Waals surface area contributed by atoms with Crippen LogP contribution in [0.4, 0.5) is 0 Å². The highest BCUT2D eigenvalue weighted by molar-refractivity contribution is 9.11. The molecule has 1 nitrogen and oxygen atoms in total. The van der Waals surface area contributed by atoms with E-state index in [2.05, 4.69) is 39.6 Å². The molecule has 0 bridgehead atoms. The van der Waals surface area contributed by atoms with Crippen LogP contribution in [0.5, 0.6) is 0 Å². The third kappa shape index (κ3) is 2.28. The van der Waals surface area contributed by atoms with Crippen LogP contribution in [-0.2, 0) is 0 Å². The standard InChI is InChI=1S/C9H12BrNS2/c1-6-8(11-9(10)13-6)7-3-2-4-12-5-7/h7H,2-5H2,1H3. The molecule has 1 atom stereocenters. The van der Waals surface area contributed by atoms with Gasteiger partial charge in [-0.05, 0) is 41.4 Å². The molecule has 2 heterocycles. The van der Waals surface area contributed by atoms with E-state index in [-0.39, 0.29) is 0 Å². The molecule has 72 valence electrons. The summed E-state index contributed by atoms with van der Waals surface area (Å²) in [7, 11) is 0. The lowest BCUT2D eigenvalue weighted by Gasteiger charge is -2.19. The Morgan fingerprint density at radius 3 is 2.92 bits per heavy atom. The molecule has 0 saturated carbocycles. The number of rotatable bonds is 1. The Balaban J connectivity index is 2.18. The molecule has 13 heavy (non-hydrogen) atoms. The van der Waals surface area contributed by atoms with Crippen LogP contribution >= 0.6 is 39.0 Å². The van der Waals surface area contributed by atoms with Gasteiger partial charge in [-0.25, -0.2) is 4.98 Å². The van der Waals surface area contributed by atoms with Crippen molar-refractivity contribution in [2.45, 2.75) is 25.7 Å². The minimum atomic E-state index is 0.710. The minimum absolute atomic E-state index is 0.710. The van der Waals surface area contributed by atoms with Crippen molar-refractivity contribution in [3.63, 3.8) is 0 Å². The van der Waals surface area contributed by atoms with E-state index >= 15 is 0 Å². The summed E-state index contributed by atoms with van der Waals surface area (Å²) in [6.45, 7) is 2.18. The van der Waals surface area contributed by atoms with Gasteiger partial charge in [-0.15, -0.1) is 11.3 Å². The second-order valence-corrected chi connectivity index (χ2v) is 6.95. The molecule has 1 unspecified atom stereocenters. The molecule has 0 aliphatic carbocycles. The van der Waals surface area contributed by atoms with Crippen LogP contribution < -0.4 is 0 Å². The van der Waals surface area contributed by atoms with Crippen molar-refractivity contribution in [2.75, 3.05) is 11.5 Å². The summed E-state index contributed by atoms with van der Waals surface area (Å²) >= 11 is 7.27. The van der Waals surface area contributed by atoms with E-state index in [0.29, 0.717) is 5.92 Å². The zero-order valence-electron chi connectivity index (χ0n) is 7.55. The van der Waals surface area contributed by atoms with Crippen molar-refractivity contribution in [3.05, 3.63) is 14.5 Å². The van der Waals surface area contributed by atoms with Crippen molar-refractivity contribution in [2.24, 2.45) is 0 Å². The van der Waals surface area contributed by atoms with E-state index in [4.69, 9.17) is 0 Å². The fourth-order valence-corrected chi connectivity index (χ4v) is 4.49. The van der Waals surface area contributed by atoms with Crippen molar-refractivity contribution in [1.82, 2.24) is 4.98 Å². The largest absolute Gasteiger partial charge is 0.234 e.